The largest absolute Gasteiger partial charge is 0.399 e. The molecule has 2 rings (SSSR count). The molecule has 0 aliphatic carbocycles. The molecule has 2 N–H and O–H groups in total. The minimum Gasteiger partial charge on any atom is -0.399 e. The molecule has 3 heteroatoms. The molecule has 0 amide bonds. The van der Waals surface area contributed by atoms with Crippen LogP contribution in [0, 0.1) is 6.92 Å². The third kappa shape index (κ3) is 2.55. The minimum absolute atomic E-state index is 0.620. The summed E-state index contributed by atoms with van der Waals surface area (Å²) in [5.41, 5.74) is 9.36. The minimum atomic E-state index is 0.620. The second kappa shape index (κ2) is 4.96. The molecule has 0 spiro atoms. The molecular weight excluding hydrogens is 210 g/mol. The quantitative estimate of drug-likeness (QED) is 0.794. The van der Waals surface area contributed by atoms with Gasteiger partial charge in [0, 0.05) is 37.1 Å². The Morgan fingerprint density at radius 1 is 1.35 bits per heavy atom. The van der Waals surface area contributed by atoms with Crippen molar-refractivity contribution in [2.45, 2.75) is 26.8 Å². The van der Waals surface area contributed by atoms with E-state index in [1.165, 1.54) is 11.3 Å². The van der Waals surface area contributed by atoms with Crippen LogP contribution in [0.3, 0.4) is 0 Å². The molecule has 0 bridgehead atoms. The van der Waals surface area contributed by atoms with E-state index >= 15 is 0 Å². The van der Waals surface area contributed by atoms with Gasteiger partial charge in [-0.1, -0.05) is 13.0 Å². The first kappa shape index (κ1) is 12.2. The van der Waals surface area contributed by atoms with Gasteiger partial charge >= 0.3 is 0 Å². The fraction of sp³-hybridized carbons (Fsp3) is 0.571. The lowest BCUT2D eigenvalue weighted by molar-refractivity contribution is 0.199. The Kier molecular flexibility index (Phi) is 3.57. The fourth-order valence-electron chi connectivity index (χ4n) is 2.65. The van der Waals surface area contributed by atoms with Crippen LogP contribution in [-0.2, 0) is 0 Å². The van der Waals surface area contributed by atoms with Crippen LogP contribution < -0.4 is 10.6 Å². The smallest absolute Gasteiger partial charge is 0.0417 e. The number of nitrogen functional groups attached to an aromatic ring is 1. The molecule has 1 fully saturated rings. The maximum Gasteiger partial charge on any atom is 0.0417 e. The Morgan fingerprint density at radius 2 is 2.12 bits per heavy atom. The molecule has 1 atom stereocenters. The average molecular weight is 233 g/mol. The van der Waals surface area contributed by atoms with E-state index in [1.54, 1.807) is 0 Å². The molecule has 1 saturated heterocycles. The highest BCUT2D eigenvalue weighted by atomic mass is 15.3. The van der Waals surface area contributed by atoms with Gasteiger partial charge in [0.15, 0.2) is 0 Å². The van der Waals surface area contributed by atoms with E-state index in [4.69, 9.17) is 5.73 Å². The predicted octanol–water partition coefficient (Wildman–Crippen LogP) is 2.11. The molecule has 17 heavy (non-hydrogen) atoms. The van der Waals surface area contributed by atoms with Gasteiger partial charge in [0.05, 0.1) is 0 Å². The van der Waals surface area contributed by atoms with Gasteiger partial charge in [-0.25, -0.2) is 0 Å². The summed E-state index contributed by atoms with van der Waals surface area (Å²) in [6, 6.07) is 6.81. The monoisotopic (exact) mass is 233 g/mol. The van der Waals surface area contributed by atoms with Crippen LogP contribution in [0.15, 0.2) is 18.2 Å². The normalized spacial score (nSPS) is 21.8. The van der Waals surface area contributed by atoms with Crippen LogP contribution in [0.5, 0.6) is 0 Å². The summed E-state index contributed by atoms with van der Waals surface area (Å²) in [5, 5.41) is 0. The van der Waals surface area contributed by atoms with Crippen LogP contribution in [0.2, 0.25) is 0 Å². The van der Waals surface area contributed by atoms with Crippen molar-refractivity contribution in [2.24, 2.45) is 0 Å². The van der Waals surface area contributed by atoms with Gasteiger partial charge in [0.25, 0.3) is 0 Å². The standard InChI is InChI=1S/C14H23N3/c1-4-16-7-8-17(10-12(16)3)14-9-13(15)6-5-11(14)2/h5-6,9,12H,4,7-8,10,15H2,1-3H3. The van der Waals surface area contributed by atoms with Crippen LogP contribution in [0.25, 0.3) is 0 Å². The number of aryl methyl sites for hydroxylation is 1. The van der Waals surface area contributed by atoms with E-state index in [1.807, 2.05) is 6.07 Å². The first-order chi connectivity index (χ1) is 8.11. The number of likely N-dealkylation sites (N-methyl/N-ethyl adjacent to an activating group) is 1. The fourth-order valence-corrected chi connectivity index (χ4v) is 2.65. The molecule has 1 heterocycles. The zero-order chi connectivity index (χ0) is 12.4. The summed E-state index contributed by atoms with van der Waals surface area (Å²) in [4.78, 5) is 4.99. The van der Waals surface area contributed by atoms with Crippen molar-refractivity contribution in [3.8, 4) is 0 Å². The molecule has 3 nitrogen and oxygen atoms in total. The second-order valence-corrected chi connectivity index (χ2v) is 4.97. The van der Waals surface area contributed by atoms with E-state index in [0.717, 1.165) is 31.9 Å². The first-order valence-corrected chi connectivity index (χ1v) is 6.47. The summed E-state index contributed by atoms with van der Waals surface area (Å²) in [6.07, 6.45) is 0. The Bertz CT molecular complexity index is 389. The Hall–Kier alpha value is -1.22. The summed E-state index contributed by atoms with van der Waals surface area (Å²) in [5.74, 6) is 0. The van der Waals surface area contributed by atoms with Gasteiger partial charge < -0.3 is 10.6 Å². The Balaban J connectivity index is 2.16. The average Bonchev–Trinajstić information content (AvgIpc) is 2.32. The van der Waals surface area contributed by atoms with Crippen molar-refractivity contribution in [1.82, 2.24) is 4.90 Å². The molecule has 0 aromatic heterocycles. The number of rotatable bonds is 2. The highest BCUT2D eigenvalue weighted by molar-refractivity contribution is 5.61. The van der Waals surface area contributed by atoms with E-state index < -0.39 is 0 Å². The van der Waals surface area contributed by atoms with Gasteiger partial charge in [-0.2, -0.15) is 0 Å². The van der Waals surface area contributed by atoms with Gasteiger partial charge in [-0.15, -0.1) is 0 Å². The number of piperazine rings is 1. The zero-order valence-electron chi connectivity index (χ0n) is 11.1. The lowest BCUT2D eigenvalue weighted by Crippen LogP contribution is -2.51. The van der Waals surface area contributed by atoms with Crippen molar-refractivity contribution in [2.75, 3.05) is 36.8 Å². The van der Waals surface area contributed by atoms with E-state index in [0.29, 0.717) is 6.04 Å². The maximum atomic E-state index is 5.89. The van der Waals surface area contributed by atoms with Crippen molar-refractivity contribution in [3.63, 3.8) is 0 Å². The van der Waals surface area contributed by atoms with Crippen LogP contribution in [-0.4, -0.2) is 37.1 Å². The number of anilines is 2. The number of hydrogen-bond acceptors (Lipinski definition) is 3. The molecule has 0 radical (unpaired) electrons. The lowest BCUT2D eigenvalue weighted by atomic mass is 10.1. The number of nitrogens with zero attached hydrogens (tertiary/aromatic N) is 2. The van der Waals surface area contributed by atoms with Crippen molar-refractivity contribution < 1.29 is 0 Å². The highest BCUT2D eigenvalue weighted by Gasteiger charge is 2.23. The Labute approximate surface area is 104 Å². The molecule has 1 aliphatic heterocycles. The topological polar surface area (TPSA) is 32.5 Å². The SMILES string of the molecule is CCN1CCN(c2cc(N)ccc2C)CC1C. The summed E-state index contributed by atoms with van der Waals surface area (Å²) in [7, 11) is 0. The van der Waals surface area contributed by atoms with E-state index in [-0.39, 0.29) is 0 Å². The second-order valence-electron chi connectivity index (χ2n) is 4.97. The van der Waals surface area contributed by atoms with E-state index in [9.17, 15) is 0 Å². The van der Waals surface area contributed by atoms with Gasteiger partial charge in [0.1, 0.15) is 0 Å². The first-order valence-electron chi connectivity index (χ1n) is 6.47. The lowest BCUT2D eigenvalue weighted by Gasteiger charge is -2.41. The predicted molar refractivity (Wildman–Crippen MR) is 74.5 cm³/mol. The number of nitrogens with two attached hydrogens (primary N) is 1. The van der Waals surface area contributed by atoms with Gasteiger partial charge in [-0.3, -0.25) is 4.90 Å². The summed E-state index contributed by atoms with van der Waals surface area (Å²) in [6.45, 7) is 11.2. The van der Waals surface area contributed by atoms with Crippen molar-refractivity contribution >= 4 is 11.4 Å². The van der Waals surface area contributed by atoms with Crippen LogP contribution in [0.4, 0.5) is 11.4 Å². The maximum absolute atomic E-state index is 5.89. The number of benzene rings is 1. The Morgan fingerprint density at radius 3 is 2.76 bits per heavy atom. The third-order valence-electron chi connectivity index (χ3n) is 3.75. The van der Waals surface area contributed by atoms with Gasteiger partial charge in [0.2, 0.25) is 0 Å². The van der Waals surface area contributed by atoms with Crippen LogP contribution >= 0.6 is 0 Å². The number of hydrogen-bond donors (Lipinski definition) is 1. The molecule has 1 aromatic rings. The molecule has 1 aliphatic rings. The summed E-state index contributed by atoms with van der Waals surface area (Å²) < 4.78 is 0. The van der Waals surface area contributed by atoms with Crippen molar-refractivity contribution in [1.29, 1.82) is 0 Å². The van der Waals surface area contributed by atoms with Crippen molar-refractivity contribution in [3.05, 3.63) is 23.8 Å². The molecule has 94 valence electrons. The molecule has 1 unspecified atom stereocenters. The van der Waals surface area contributed by atoms with E-state index in [2.05, 4.69) is 42.7 Å². The molecular formula is C14H23N3. The third-order valence-corrected chi connectivity index (χ3v) is 3.75. The van der Waals surface area contributed by atoms with Gasteiger partial charge in [-0.05, 0) is 38.1 Å². The zero-order valence-corrected chi connectivity index (χ0v) is 11.1. The highest BCUT2D eigenvalue weighted by Crippen LogP contribution is 2.25. The molecule has 0 saturated carbocycles. The molecule has 1 aromatic carbocycles. The van der Waals surface area contributed by atoms with Crippen LogP contribution in [0.1, 0.15) is 19.4 Å². The summed E-state index contributed by atoms with van der Waals surface area (Å²) >= 11 is 0.